The Morgan fingerprint density at radius 3 is 2.61 bits per heavy atom. The van der Waals surface area contributed by atoms with Crippen molar-refractivity contribution in [2.45, 2.75) is 11.5 Å². The lowest BCUT2D eigenvalue weighted by Crippen LogP contribution is -2.03. The fraction of sp³-hybridized carbons (Fsp3) is 0.154. The van der Waals surface area contributed by atoms with Gasteiger partial charge in [-0.3, -0.25) is 0 Å². The predicted octanol–water partition coefficient (Wildman–Crippen LogP) is 3.40. The van der Waals surface area contributed by atoms with Crippen LogP contribution in [0.15, 0.2) is 40.6 Å². The third-order valence-electron chi connectivity index (χ3n) is 2.32. The van der Waals surface area contributed by atoms with Gasteiger partial charge < -0.3 is 9.47 Å². The van der Waals surface area contributed by atoms with Crippen LogP contribution in [0.4, 0.5) is 0 Å². The molecule has 94 valence electrons. The molecule has 0 saturated carbocycles. The third kappa shape index (κ3) is 3.27. The van der Waals surface area contributed by atoms with E-state index < -0.39 is 0 Å². The molecule has 0 aliphatic carbocycles. The predicted molar refractivity (Wildman–Crippen MR) is 73.7 cm³/mol. The first-order valence-electron chi connectivity index (χ1n) is 5.26. The Labute approximate surface area is 115 Å². The highest BCUT2D eigenvalue weighted by atomic mass is 32.1. The summed E-state index contributed by atoms with van der Waals surface area (Å²) in [6, 6.07) is 9.10. The zero-order valence-electron chi connectivity index (χ0n) is 9.75. The second kappa shape index (κ2) is 5.93. The fourth-order valence-corrected chi connectivity index (χ4v) is 2.42. The van der Waals surface area contributed by atoms with E-state index in [1.165, 1.54) is 11.3 Å². The molecular weight excluding hydrogens is 268 g/mol. The zero-order chi connectivity index (χ0) is 13.0. The normalized spacial score (nSPS) is 10.1. The van der Waals surface area contributed by atoms with E-state index in [1.807, 2.05) is 24.3 Å². The molecule has 0 N–H and O–H groups in total. The van der Waals surface area contributed by atoms with Crippen LogP contribution in [0.1, 0.15) is 15.2 Å². The molecule has 0 aliphatic heterocycles. The van der Waals surface area contributed by atoms with Gasteiger partial charge in [-0.15, -0.1) is 24.0 Å². The number of carbonyl (C=O) groups excluding carboxylic acids is 1. The molecule has 0 bridgehead atoms. The van der Waals surface area contributed by atoms with E-state index in [2.05, 4.69) is 12.6 Å². The molecule has 0 spiro atoms. The van der Waals surface area contributed by atoms with Crippen LogP contribution < -0.4 is 4.74 Å². The summed E-state index contributed by atoms with van der Waals surface area (Å²) < 4.78 is 10.2. The summed E-state index contributed by atoms with van der Waals surface area (Å²) in [4.78, 5) is 13.0. The SMILES string of the molecule is COc1ccc(COC(=O)c2cc(S)cs2)cc1. The maximum absolute atomic E-state index is 11.7. The van der Waals surface area contributed by atoms with Gasteiger partial charge in [0.15, 0.2) is 0 Å². The van der Waals surface area contributed by atoms with Crippen molar-refractivity contribution < 1.29 is 14.3 Å². The number of benzene rings is 1. The van der Waals surface area contributed by atoms with E-state index >= 15 is 0 Å². The van der Waals surface area contributed by atoms with Crippen molar-refractivity contribution in [3.05, 3.63) is 46.2 Å². The van der Waals surface area contributed by atoms with Crippen LogP contribution in [0.5, 0.6) is 5.75 Å². The molecule has 2 rings (SSSR count). The van der Waals surface area contributed by atoms with Gasteiger partial charge in [-0.05, 0) is 23.8 Å². The maximum atomic E-state index is 11.7. The fourth-order valence-electron chi connectivity index (χ4n) is 1.38. The average Bonchev–Trinajstić information content (AvgIpc) is 2.83. The lowest BCUT2D eigenvalue weighted by atomic mass is 10.2. The summed E-state index contributed by atoms with van der Waals surface area (Å²) in [5.41, 5.74) is 0.923. The summed E-state index contributed by atoms with van der Waals surface area (Å²) in [6.07, 6.45) is 0. The Bertz CT molecular complexity index is 531. The number of esters is 1. The van der Waals surface area contributed by atoms with Gasteiger partial charge in [-0.2, -0.15) is 0 Å². The molecule has 1 aromatic heterocycles. The molecule has 0 fully saturated rings. The van der Waals surface area contributed by atoms with Crippen LogP contribution in [0.3, 0.4) is 0 Å². The molecule has 0 amide bonds. The standard InChI is InChI=1S/C13H12O3S2/c1-15-10-4-2-9(3-5-10)7-16-13(14)12-6-11(17)8-18-12/h2-6,8,17H,7H2,1H3. The first-order chi connectivity index (χ1) is 8.69. The summed E-state index contributed by atoms with van der Waals surface area (Å²) in [5.74, 6) is 0.458. The first-order valence-corrected chi connectivity index (χ1v) is 6.59. The minimum absolute atomic E-state index is 0.253. The van der Waals surface area contributed by atoms with E-state index in [1.54, 1.807) is 18.6 Å². The number of rotatable bonds is 4. The number of methoxy groups -OCH3 is 1. The third-order valence-corrected chi connectivity index (χ3v) is 3.66. The Morgan fingerprint density at radius 2 is 2.06 bits per heavy atom. The molecule has 0 saturated heterocycles. The van der Waals surface area contributed by atoms with Crippen molar-refractivity contribution in [3.8, 4) is 5.75 Å². The molecule has 0 aliphatic rings. The molecule has 0 unspecified atom stereocenters. The van der Waals surface area contributed by atoms with Crippen molar-refractivity contribution in [1.29, 1.82) is 0 Å². The quantitative estimate of drug-likeness (QED) is 0.688. The average molecular weight is 280 g/mol. The summed E-state index contributed by atoms with van der Waals surface area (Å²) in [7, 11) is 1.61. The molecule has 18 heavy (non-hydrogen) atoms. The Kier molecular flexibility index (Phi) is 4.28. The smallest absolute Gasteiger partial charge is 0.348 e. The van der Waals surface area contributed by atoms with E-state index in [4.69, 9.17) is 9.47 Å². The van der Waals surface area contributed by atoms with Crippen molar-refractivity contribution >= 4 is 29.9 Å². The lowest BCUT2D eigenvalue weighted by Gasteiger charge is -2.04. The van der Waals surface area contributed by atoms with E-state index in [0.717, 1.165) is 16.2 Å². The van der Waals surface area contributed by atoms with Gasteiger partial charge in [0.05, 0.1) is 7.11 Å². The number of thiophene rings is 1. The van der Waals surface area contributed by atoms with Crippen molar-refractivity contribution in [1.82, 2.24) is 0 Å². The molecule has 1 heterocycles. The Hall–Kier alpha value is -1.46. The topological polar surface area (TPSA) is 35.5 Å². The van der Waals surface area contributed by atoms with Crippen molar-refractivity contribution in [2.75, 3.05) is 7.11 Å². The lowest BCUT2D eigenvalue weighted by molar-refractivity contribution is 0.0478. The number of hydrogen-bond acceptors (Lipinski definition) is 5. The maximum Gasteiger partial charge on any atom is 0.348 e. The largest absolute Gasteiger partial charge is 0.497 e. The highest BCUT2D eigenvalue weighted by Gasteiger charge is 2.09. The second-order valence-electron chi connectivity index (χ2n) is 3.59. The van der Waals surface area contributed by atoms with Crippen molar-refractivity contribution in [2.24, 2.45) is 0 Å². The molecule has 5 heteroatoms. The van der Waals surface area contributed by atoms with Gasteiger partial charge in [-0.25, -0.2) is 4.79 Å². The number of carbonyl (C=O) groups is 1. The Morgan fingerprint density at radius 1 is 1.33 bits per heavy atom. The van der Waals surface area contributed by atoms with E-state index in [9.17, 15) is 4.79 Å². The van der Waals surface area contributed by atoms with Gasteiger partial charge in [0.25, 0.3) is 0 Å². The van der Waals surface area contributed by atoms with Crippen molar-refractivity contribution in [3.63, 3.8) is 0 Å². The minimum atomic E-state index is -0.323. The minimum Gasteiger partial charge on any atom is -0.497 e. The second-order valence-corrected chi connectivity index (χ2v) is 5.02. The summed E-state index contributed by atoms with van der Waals surface area (Å²) in [6.45, 7) is 0.253. The summed E-state index contributed by atoms with van der Waals surface area (Å²) >= 11 is 5.48. The highest BCUT2D eigenvalue weighted by Crippen LogP contribution is 2.19. The number of thiol groups is 1. The van der Waals surface area contributed by atoms with Crippen LogP contribution in [-0.4, -0.2) is 13.1 Å². The molecule has 0 atom stereocenters. The van der Waals surface area contributed by atoms with Crippen LogP contribution in [0, 0.1) is 0 Å². The molecular formula is C13H12O3S2. The van der Waals surface area contributed by atoms with E-state index in [-0.39, 0.29) is 12.6 Å². The van der Waals surface area contributed by atoms with Crippen LogP contribution in [0.2, 0.25) is 0 Å². The van der Waals surface area contributed by atoms with E-state index in [0.29, 0.717) is 4.88 Å². The molecule has 3 nitrogen and oxygen atoms in total. The number of ether oxygens (including phenoxy) is 2. The Balaban J connectivity index is 1.92. The number of hydrogen-bond donors (Lipinski definition) is 1. The molecule has 2 aromatic rings. The van der Waals surface area contributed by atoms with Gasteiger partial charge in [0, 0.05) is 10.3 Å². The van der Waals surface area contributed by atoms with Crippen LogP contribution in [-0.2, 0) is 11.3 Å². The zero-order valence-corrected chi connectivity index (χ0v) is 11.5. The highest BCUT2D eigenvalue weighted by molar-refractivity contribution is 7.80. The van der Waals surface area contributed by atoms with Gasteiger partial charge in [0.2, 0.25) is 0 Å². The van der Waals surface area contributed by atoms with Crippen LogP contribution >= 0.6 is 24.0 Å². The van der Waals surface area contributed by atoms with Gasteiger partial charge in [0.1, 0.15) is 17.2 Å². The van der Waals surface area contributed by atoms with Crippen LogP contribution in [0.25, 0.3) is 0 Å². The molecule has 0 radical (unpaired) electrons. The monoisotopic (exact) mass is 280 g/mol. The van der Waals surface area contributed by atoms with Gasteiger partial charge >= 0.3 is 5.97 Å². The van der Waals surface area contributed by atoms with Gasteiger partial charge in [-0.1, -0.05) is 12.1 Å². The molecule has 1 aromatic carbocycles. The summed E-state index contributed by atoms with van der Waals surface area (Å²) in [5, 5.41) is 1.80. The first kappa shape index (κ1) is 13.0.